The monoisotopic (exact) mass is 222 g/mol. The summed E-state index contributed by atoms with van der Waals surface area (Å²) >= 11 is 0. The van der Waals surface area contributed by atoms with E-state index in [1.165, 1.54) is 18.9 Å². The maximum absolute atomic E-state index is 10.9. The first kappa shape index (κ1) is 14.7. The molecule has 0 fully saturated rings. The summed E-state index contributed by atoms with van der Waals surface area (Å²) in [7, 11) is 0. The van der Waals surface area contributed by atoms with Crippen LogP contribution < -0.4 is 0 Å². The summed E-state index contributed by atoms with van der Waals surface area (Å²) in [6, 6.07) is 0. The lowest BCUT2D eigenvalue weighted by Gasteiger charge is -1.93. The molecule has 0 bridgehead atoms. The van der Waals surface area contributed by atoms with Crippen molar-refractivity contribution >= 4 is 5.97 Å². The molecule has 16 heavy (non-hydrogen) atoms. The molecule has 0 rings (SSSR count). The summed E-state index contributed by atoms with van der Waals surface area (Å²) in [6.07, 6.45) is 16.0. The van der Waals surface area contributed by atoms with Crippen LogP contribution in [0.5, 0.6) is 0 Å². The average Bonchev–Trinajstić information content (AvgIpc) is 2.27. The van der Waals surface area contributed by atoms with Gasteiger partial charge in [0.05, 0.1) is 6.61 Å². The molecule has 0 radical (unpaired) electrons. The van der Waals surface area contributed by atoms with Crippen molar-refractivity contribution < 1.29 is 9.53 Å². The maximum Gasteiger partial charge on any atom is 0.330 e. The quantitative estimate of drug-likeness (QED) is 0.205. The van der Waals surface area contributed by atoms with Crippen LogP contribution in [0.25, 0.3) is 0 Å². The normalized spacial score (nSPS) is 11.9. The molecule has 2 nitrogen and oxygen atoms in total. The molecule has 0 aromatic rings. The van der Waals surface area contributed by atoms with E-state index in [1.54, 1.807) is 13.0 Å². The Bertz CT molecular complexity index is 249. The highest BCUT2D eigenvalue weighted by atomic mass is 16.5. The van der Waals surface area contributed by atoms with Gasteiger partial charge >= 0.3 is 5.97 Å². The summed E-state index contributed by atoms with van der Waals surface area (Å²) in [4.78, 5) is 10.9. The third-order valence-electron chi connectivity index (χ3n) is 1.99. The Labute approximate surface area is 98.7 Å². The standard InChI is InChI=1S/C14H22O2/c1-3-5-6-7-8-9-10-11-12-13-14(15)16-4-2/h3,5,10-13H,4,6-9H2,1-2H3. The van der Waals surface area contributed by atoms with Gasteiger partial charge in [0.25, 0.3) is 0 Å². The van der Waals surface area contributed by atoms with Crippen LogP contribution in [-0.2, 0) is 9.53 Å². The summed E-state index contributed by atoms with van der Waals surface area (Å²) in [6.45, 7) is 4.27. The van der Waals surface area contributed by atoms with E-state index in [0.717, 1.165) is 12.8 Å². The van der Waals surface area contributed by atoms with Crippen molar-refractivity contribution in [3.05, 3.63) is 36.5 Å². The number of unbranched alkanes of at least 4 members (excludes halogenated alkanes) is 3. The minimum absolute atomic E-state index is 0.278. The fourth-order valence-electron chi connectivity index (χ4n) is 1.19. The van der Waals surface area contributed by atoms with E-state index >= 15 is 0 Å². The SMILES string of the molecule is CC=CCCCCC=CC=CC(=O)OCC. The lowest BCUT2D eigenvalue weighted by molar-refractivity contribution is -0.137. The van der Waals surface area contributed by atoms with Gasteiger partial charge in [0.15, 0.2) is 0 Å². The first-order chi connectivity index (χ1) is 7.81. The third kappa shape index (κ3) is 10.8. The number of hydrogen-bond donors (Lipinski definition) is 0. The van der Waals surface area contributed by atoms with Crippen molar-refractivity contribution in [1.82, 2.24) is 0 Å². The van der Waals surface area contributed by atoms with Crippen molar-refractivity contribution in [2.75, 3.05) is 6.61 Å². The molecule has 0 aromatic carbocycles. The minimum Gasteiger partial charge on any atom is -0.463 e. The van der Waals surface area contributed by atoms with E-state index in [2.05, 4.69) is 18.2 Å². The van der Waals surface area contributed by atoms with Crippen LogP contribution in [0, 0.1) is 0 Å². The maximum atomic E-state index is 10.9. The molecule has 0 aliphatic heterocycles. The van der Waals surface area contributed by atoms with Crippen LogP contribution in [0.15, 0.2) is 36.5 Å². The predicted molar refractivity (Wildman–Crippen MR) is 68.2 cm³/mol. The van der Waals surface area contributed by atoms with E-state index in [1.807, 2.05) is 13.0 Å². The molecule has 90 valence electrons. The van der Waals surface area contributed by atoms with Gasteiger partial charge in [-0.3, -0.25) is 0 Å². The molecular weight excluding hydrogens is 200 g/mol. The van der Waals surface area contributed by atoms with Gasteiger partial charge in [-0.25, -0.2) is 4.79 Å². The van der Waals surface area contributed by atoms with Crippen molar-refractivity contribution in [3.8, 4) is 0 Å². The second-order valence-corrected chi connectivity index (χ2v) is 3.39. The zero-order valence-corrected chi connectivity index (χ0v) is 10.3. The number of hydrogen-bond acceptors (Lipinski definition) is 2. The fraction of sp³-hybridized carbons (Fsp3) is 0.500. The zero-order valence-electron chi connectivity index (χ0n) is 10.3. The zero-order chi connectivity index (χ0) is 12.1. The van der Waals surface area contributed by atoms with E-state index in [9.17, 15) is 4.79 Å². The summed E-state index contributed by atoms with van der Waals surface area (Å²) in [5, 5.41) is 0. The Kier molecular flexibility index (Phi) is 10.8. The topological polar surface area (TPSA) is 26.3 Å². The van der Waals surface area contributed by atoms with Crippen LogP contribution in [0.4, 0.5) is 0 Å². The van der Waals surface area contributed by atoms with E-state index in [-0.39, 0.29) is 5.97 Å². The van der Waals surface area contributed by atoms with Crippen LogP contribution in [-0.4, -0.2) is 12.6 Å². The second kappa shape index (κ2) is 11.8. The third-order valence-corrected chi connectivity index (χ3v) is 1.99. The first-order valence-corrected chi connectivity index (χ1v) is 5.92. The van der Waals surface area contributed by atoms with Gasteiger partial charge in [-0.05, 0) is 39.5 Å². The minimum atomic E-state index is -0.278. The van der Waals surface area contributed by atoms with Gasteiger partial charge in [0.2, 0.25) is 0 Å². The highest BCUT2D eigenvalue weighted by Crippen LogP contribution is 2.01. The Balaban J connectivity index is 3.43. The number of ether oxygens (including phenoxy) is 1. The number of esters is 1. The van der Waals surface area contributed by atoms with Gasteiger partial charge in [-0.15, -0.1) is 0 Å². The lowest BCUT2D eigenvalue weighted by atomic mass is 10.2. The van der Waals surface area contributed by atoms with Crippen molar-refractivity contribution in [2.45, 2.75) is 39.5 Å². The lowest BCUT2D eigenvalue weighted by Crippen LogP contribution is -1.98. The molecule has 0 aliphatic carbocycles. The van der Waals surface area contributed by atoms with Gasteiger partial charge in [-0.2, -0.15) is 0 Å². The van der Waals surface area contributed by atoms with Gasteiger partial charge in [-0.1, -0.05) is 30.4 Å². The summed E-state index contributed by atoms with van der Waals surface area (Å²) in [5.74, 6) is -0.278. The Hall–Kier alpha value is -1.31. The number of allylic oxidation sites excluding steroid dienone is 5. The Morgan fingerprint density at radius 1 is 1.12 bits per heavy atom. The first-order valence-electron chi connectivity index (χ1n) is 5.92. The molecule has 0 amide bonds. The summed E-state index contributed by atoms with van der Waals surface area (Å²) in [5.41, 5.74) is 0. The molecule has 0 saturated carbocycles. The molecule has 0 aromatic heterocycles. The Morgan fingerprint density at radius 3 is 2.44 bits per heavy atom. The van der Waals surface area contributed by atoms with E-state index in [4.69, 9.17) is 4.74 Å². The van der Waals surface area contributed by atoms with Gasteiger partial charge < -0.3 is 4.74 Å². The number of carbonyl (C=O) groups is 1. The molecule has 0 unspecified atom stereocenters. The molecule has 0 atom stereocenters. The molecule has 0 N–H and O–H groups in total. The smallest absolute Gasteiger partial charge is 0.330 e. The predicted octanol–water partition coefficient (Wildman–Crippen LogP) is 3.80. The number of carbonyl (C=O) groups excluding carboxylic acids is 1. The summed E-state index contributed by atoms with van der Waals surface area (Å²) < 4.78 is 4.75. The van der Waals surface area contributed by atoms with E-state index < -0.39 is 0 Å². The average molecular weight is 222 g/mol. The molecule has 0 spiro atoms. The van der Waals surface area contributed by atoms with Crippen LogP contribution in [0.3, 0.4) is 0 Å². The van der Waals surface area contributed by atoms with Crippen molar-refractivity contribution in [2.24, 2.45) is 0 Å². The molecule has 0 saturated heterocycles. The largest absolute Gasteiger partial charge is 0.463 e. The molecule has 0 heterocycles. The highest BCUT2D eigenvalue weighted by Gasteiger charge is 1.89. The van der Waals surface area contributed by atoms with E-state index in [0.29, 0.717) is 6.61 Å². The van der Waals surface area contributed by atoms with Gasteiger partial charge in [0.1, 0.15) is 0 Å². The molecule has 0 aliphatic rings. The van der Waals surface area contributed by atoms with Crippen molar-refractivity contribution in [1.29, 1.82) is 0 Å². The number of rotatable bonds is 8. The van der Waals surface area contributed by atoms with Crippen LogP contribution >= 0.6 is 0 Å². The van der Waals surface area contributed by atoms with Crippen LogP contribution in [0.1, 0.15) is 39.5 Å². The van der Waals surface area contributed by atoms with Crippen molar-refractivity contribution in [3.63, 3.8) is 0 Å². The molecular formula is C14H22O2. The fourth-order valence-corrected chi connectivity index (χ4v) is 1.19. The second-order valence-electron chi connectivity index (χ2n) is 3.39. The van der Waals surface area contributed by atoms with Gasteiger partial charge in [0, 0.05) is 6.08 Å². The van der Waals surface area contributed by atoms with Crippen LogP contribution in [0.2, 0.25) is 0 Å². The highest BCUT2D eigenvalue weighted by molar-refractivity contribution is 5.82. The Morgan fingerprint density at radius 2 is 1.81 bits per heavy atom. The molecule has 2 heteroatoms.